The van der Waals surface area contributed by atoms with E-state index in [1.54, 1.807) is 24.3 Å². The maximum absolute atomic E-state index is 9.49. The zero-order valence-corrected chi connectivity index (χ0v) is 10.3. The molecule has 1 aromatic carbocycles. The third-order valence-corrected chi connectivity index (χ3v) is 2.83. The maximum atomic E-state index is 9.49. The van der Waals surface area contributed by atoms with Crippen LogP contribution < -0.4 is 0 Å². The second kappa shape index (κ2) is 4.88. The van der Waals surface area contributed by atoms with E-state index in [9.17, 15) is 15.3 Å². The third kappa shape index (κ3) is 3.39. The van der Waals surface area contributed by atoms with Crippen molar-refractivity contribution in [2.24, 2.45) is 0 Å². The summed E-state index contributed by atoms with van der Waals surface area (Å²) in [4.78, 5) is 0. The molecule has 94 valence electrons. The molecule has 0 bridgehead atoms. The predicted octanol–water partition coefficient (Wildman–Crippen LogP) is 2.92. The molecule has 0 amide bonds. The summed E-state index contributed by atoms with van der Waals surface area (Å²) in [5.74, 6) is 0.0240. The second-order valence-electron chi connectivity index (χ2n) is 4.18. The fourth-order valence-corrected chi connectivity index (χ4v) is 1.79. The molecular formula is C14H13ClO3. The van der Waals surface area contributed by atoms with Gasteiger partial charge in [0.25, 0.3) is 0 Å². The van der Waals surface area contributed by atoms with Gasteiger partial charge in [0.2, 0.25) is 0 Å². The van der Waals surface area contributed by atoms with Crippen LogP contribution in [0.5, 0.6) is 11.5 Å². The van der Waals surface area contributed by atoms with Crippen LogP contribution in [0.3, 0.4) is 0 Å². The number of benzene rings is 1. The summed E-state index contributed by atoms with van der Waals surface area (Å²) in [7, 11) is 0. The summed E-state index contributed by atoms with van der Waals surface area (Å²) in [5.41, 5.74) is 1.59. The first-order valence-electron chi connectivity index (χ1n) is 5.46. The average molecular weight is 265 g/mol. The number of hydrogen-bond donors (Lipinski definition) is 3. The fourth-order valence-electron chi connectivity index (χ4n) is 1.65. The van der Waals surface area contributed by atoms with Gasteiger partial charge in [0.15, 0.2) is 5.06 Å². The summed E-state index contributed by atoms with van der Waals surface area (Å²) < 4.78 is 0. The number of halogens is 1. The van der Waals surface area contributed by atoms with Crippen LogP contribution >= 0.6 is 11.6 Å². The van der Waals surface area contributed by atoms with Crippen LogP contribution in [0.4, 0.5) is 0 Å². The standard InChI is InChI=1S/C14H13ClO3/c15-14(18)5-3-10(4-6-14)1-2-11-7-12(16)9-13(17)8-11/h1-5,7-9,16-18H,6H2. The molecule has 0 saturated heterocycles. The van der Waals surface area contributed by atoms with Gasteiger partial charge in [0.1, 0.15) is 11.5 Å². The van der Waals surface area contributed by atoms with E-state index >= 15 is 0 Å². The van der Waals surface area contributed by atoms with E-state index in [0.29, 0.717) is 12.0 Å². The van der Waals surface area contributed by atoms with E-state index in [1.807, 2.05) is 12.2 Å². The van der Waals surface area contributed by atoms with Gasteiger partial charge in [-0.25, -0.2) is 0 Å². The minimum Gasteiger partial charge on any atom is -0.508 e. The van der Waals surface area contributed by atoms with E-state index in [-0.39, 0.29) is 11.5 Å². The lowest BCUT2D eigenvalue weighted by Crippen LogP contribution is -2.17. The van der Waals surface area contributed by atoms with Crippen molar-refractivity contribution >= 4 is 17.7 Å². The van der Waals surface area contributed by atoms with Gasteiger partial charge < -0.3 is 15.3 Å². The van der Waals surface area contributed by atoms with Gasteiger partial charge in [0.05, 0.1) is 0 Å². The summed E-state index contributed by atoms with van der Waals surface area (Å²) in [6, 6.07) is 4.35. The largest absolute Gasteiger partial charge is 0.508 e. The van der Waals surface area contributed by atoms with Crippen molar-refractivity contribution in [1.82, 2.24) is 0 Å². The molecule has 1 aromatic rings. The Balaban J connectivity index is 2.13. The summed E-state index contributed by atoms with van der Waals surface area (Å²) >= 11 is 5.73. The fraction of sp³-hybridized carbons (Fsp3) is 0.143. The van der Waals surface area contributed by atoms with Crippen molar-refractivity contribution in [2.75, 3.05) is 0 Å². The minimum absolute atomic E-state index is 0.0120. The zero-order valence-electron chi connectivity index (χ0n) is 9.55. The number of phenolic OH excluding ortho intramolecular Hbond substituents is 2. The van der Waals surface area contributed by atoms with E-state index in [1.165, 1.54) is 12.1 Å². The lowest BCUT2D eigenvalue weighted by molar-refractivity contribution is 0.181. The first kappa shape index (κ1) is 12.7. The van der Waals surface area contributed by atoms with Crippen molar-refractivity contribution in [3.63, 3.8) is 0 Å². The lowest BCUT2D eigenvalue weighted by atomic mass is 10.0. The van der Waals surface area contributed by atoms with E-state index in [2.05, 4.69) is 0 Å². The molecule has 1 unspecified atom stereocenters. The molecule has 3 nitrogen and oxygen atoms in total. The van der Waals surface area contributed by atoms with Crippen LogP contribution in [0.15, 0.2) is 48.1 Å². The van der Waals surface area contributed by atoms with Gasteiger partial charge in [-0.1, -0.05) is 35.9 Å². The molecule has 18 heavy (non-hydrogen) atoms. The molecule has 0 aromatic heterocycles. The Morgan fingerprint density at radius 1 is 1.11 bits per heavy atom. The molecule has 0 fully saturated rings. The summed E-state index contributed by atoms with van der Waals surface area (Å²) in [6.45, 7) is 0. The van der Waals surface area contributed by atoms with Gasteiger partial charge in [-0.05, 0) is 29.3 Å². The molecule has 1 aliphatic rings. The normalized spacial score (nSPS) is 23.3. The Hall–Kier alpha value is -1.71. The van der Waals surface area contributed by atoms with Gasteiger partial charge in [-0.15, -0.1) is 0 Å². The highest BCUT2D eigenvalue weighted by Gasteiger charge is 2.20. The molecule has 0 spiro atoms. The Kier molecular flexibility index (Phi) is 3.45. The summed E-state index contributed by atoms with van der Waals surface area (Å²) in [5, 5.41) is 26.9. The number of hydrogen-bond acceptors (Lipinski definition) is 3. The van der Waals surface area contributed by atoms with E-state index in [4.69, 9.17) is 11.6 Å². The maximum Gasteiger partial charge on any atom is 0.161 e. The van der Waals surface area contributed by atoms with Crippen LogP contribution in [0.25, 0.3) is 6.08 Å². The number of alkyl halides is 1. The smallest absolute Gasteiger partial charge is 0.161 e. The lowest BCUT2D eigenvalue weighted by Gasteiger charge is -2.17. The molecule has 4 heteroatoms. The number of rotatable bonds is 2. The Bertz CT molecular complexity index is 522. The van der Waals surface area contributed by atoms with Crippen LogP contribution in [0.1, 0.15) is 12.0 Å². The first-order valence-corrected chi connectivity index (χ1v) is 5.84. The Labute approximate surface area is 110 Å². The quantitative estimate of drug-likeness (QED) is 0.720. The molecule has 1 atom stereocenters. The molecule has 0 radical (unpaired) electrons. The molecule has 2 rings (SSSR count). The number of aromatic hydroxyl groups is 2. The third-order valence-electron chi connectivity index (χ3n) is 2.55. The molecule has 3 N–H and O–H groups in total. The zero-order chi connectivity index (χ0) is 13.2. The van der Waals surface area contributed by atoms with Crippen LogP contribution in [0, 0.1) is 0 Å². The Morgan fingerprint density at radius 2 is 1.78 bits per heavy atom. The SMILES string of the molecule is Oc1cc(O)cc(C=CC2=CCC(O)(Cl)C=C2)c1. The molecule has 0 aliphatic heterocycles. The molecular weight excluding hydrogens is 252 g/mol. The Morgan fingerprint density at radius 3 is 2.33 bits per heavy atom. The van der Waals surface area contributed by atoms with Gasteiger partial charge in [-0.2, -0.15) is 0 Å². The van der Waals surface area contributed by atoms with Gasteiger partial charge >= 0.3 is 0 Å². The number of allylic oxidation sites excluding steroid dienone is 3. The van der Waals surface area contributed by atoms with Crippen LogP contribution in [0.2, 0.25) is 0 Å². The monoisotopic (exact) mass is 264 g/mol. The van der Waals surface area contributed by atoms with Crippen molar-refractivity contribution < 1.29 is 15.3 Å². The van der Waals surface area contributed by atoms with Crippen LogP contribution in [-0.2, 0) is 0 Å². The van der Waals surface area contributed by atoms with Crippen molar-refractivity contribution in [3.8, 4) is 11.5 Å². The number of phenols is 2. The predicted molar refractivity (Wildman–Crippen MR) is 71.4 cm³/mol. The average Bonchev–Trinajstić information content (AvgIpc) is 2.26. The highest BCUT2D eigenvalue weighted by Crippen LogP contribution is 2.26. The van der Waals surface area contributed by atoms with Gasteiger partial charge in [-0.3, -0.25) is 0 Å². The first-order chi connectivity index (χ1) is 8.44. The van der Waals surface area contributed by atoms with Crippen molar-refractivity contribution in [3.05, 3.63) is 53.6 Å². The van der Waals surface area contributed by atoms with Gasteiger partial charge in [0, 0.05) is 12.5 Å². The van der Waals surface area contributed by atoms with E-state index < -0.39 is 5.06 Å². The molecule has 0 heterocycles. The summed E-state index contributed by atoms with van der Waals surface area (Å²) in [6.07, 6.45) is 8.97. The van der Waals surface area contributed by atoms with Crippen LogP contribution in [-0.4, -0.2) is 20.4 Å². The second-order valence-corrected chi connectivity index (χ2v) is 4.83. The topological polar surface area (TPSA) is 60.7 Å². The van der Waals surface area contributed by atoms with E-state index in [0.717, 1.165) is 5.57 Å². The molecule has 1 aliphatic carbocycles. The van der Waals surface area contributed by atoms with Crippen molar-refractivity contribution in [1.29, 1.82) is 0 Å². The molecule has 0 saturated carbocycles. The minimum atomic E-state index is -1.29. The highest BCUT2D eigenvalue weighted by molar-refractivity contribution is 6.24. The number of aliphatic hydroxyl groups is 1. The van der Waals surface area contributed by atoms with Crippen molar-refractivity contribution in [2.45, 2.75) is 11.5 Å². The highest BCUT2D eigenvalue weighted by atomic mass is 35.5.